The number of benzene rings is 1. The van der Waals surface area contributed by atoms with Gasteiger partial charge in [-0.15, -0.1) is 0 Å². The van der Waals surface area contributed by atoms with Crippen LogP contribution >= 0.6 is 0 Å². The SMILES string of the molecule is CCC(Nc1cc[nH]c(=O)c1-c1nc2c(C)cc(-n3ccnc3)cc2[nH]1)c1ccccn1. The number of hydrogen-bond acceptors (Lipinski definition) is 5. The van der Waals surface area contributed by atoms with Gasteiger partial charge in [0, 0.05) is 30.5 Å². The highest BCUT2D eigenvalue weighted by Crippen LogP contribution is 2.30. The molecule has 160 valence electrons. The van der Waals surface area contributed by atoms with Crippen molar-refractivity contribution in [1.29, 1.82) is 0 Å². The quantitative estimate of drug-likeness (QED) is 0.375. The van der Waals surface area contributed by atoms with Crippen molar-refractivity contribution in [3.05, 3.63) is 89.1 Å². The molecule has 0 fully saturated rings. The normalized spacial score (nSPS) is 12.2. The number of aromatic amines is 2. The molecule has 0 bridgehead atoms. The first-order valence-corrected chi connectivity index (χ1v) is 10.5. The van der Waals surface area contributed by atoms with Crippen molar-refractivity contribution in [2.75, 3.05) is 5.32 Å². The number of fused-ring (bicyclic) bond motifs is 1. The number of pyridine rings is 2. The molecule has 8 nitrogen and oxygen atoms in total. The lowest BCUT2D eigenvalue weighted by Gasteiger charge is -2.19. The van der Waals surface area contributed by atoms with Crippen molar-refractivity contribution in [1.82, 2.24) is 29.5 Å². The first-order valence-electron chi connectivity index (χ1n) is 10.5. The zero-order chi connectivity index (χ0) is 22.1. The van der Waals surface area contributed by atoms with Crippen molar-refractivity contribution >= 4 is 16.7 Å². The molecule has 0 aliphatic carbocycles. The van der Waals surface area contributed by atoms with E-state index in [9.17, 15) is 4.79 Å². The van der Waals surface area contributed by atoms with E-state index in [1.54, 1.807) is 24.9 Å². The molecule has 0 amide bonds. The van der Waals surface area contributed by atoms with Gasteiger partial charge in [0.25, 0.3) is 5.56 Å². The third-order valence-corrected chi connectivity index (χ3v) is 5.54. The molecule has 1 aromatic carbocycles. The van der Waals surface area contributed by atoms with E-state index in [1.807, 2.05) is 48.0 Å². The lowest BCUT2D eigenvalue weighted by Crippen LogP contribution is -2.17. The number of imidazole rings is 2. The standard InChI is InChI=1S/C24H23N7O/c1-3-17(18-6-4-5-8-26-18)28-19-7-9-27-24(32)21(19)23-29-20-13-16(31-11-10-25-14-31)12-15(2)22(20)30-23/h4-14,17H,3H2,1-2H3,(H,29,30)(H2,27,28,32). The summed E-state index contributed by atoms with van der Waals surface area (Å²) in [6.07, 6.45) is 9.62. The number of aromatic nitrogens is 6. The van der Waals surface area contributed by atoms with Gasteiger partial charge in [0.15, 0.2) is 0 Å². The molecule has 32 heavy (non-hydrogen) atoms. The molecular formula is C24H23N7O. The van der Waals surface area contributed by atoms with Crippen LogP contribution in [0.4, 0.5) is 5.69 Å². The number of rotatable bonds is 6. The third-order valence-electron chi connectivity index (χ3n) is 5.54. The van der Waals surface area contributed by atoms with E-state index in [0.29, 0.717) is 17.1 Å². The highest BCUT2D eigenvalue weighted by atomic mass is 16.1. The van der Waals surface area contributed by atoms with Crippen LogP contribution in [0, 0.1) is 6.92 Å². The molecule has 5 rings (SSSR count). The van der Waals surface area contributed by atoms with E-state index in [2.05, 4.69) is 38.2 Å². The Hall–Kier alpha value is -4.20. The van der Waals surface area contributed by atoms with E-state index in [0.717, 1.165) is 34.4 Å². The fraction of sp³-hybridized carbons (Fsp3) is 0.167. The van der Waals surface area contributed by atoms with Gasteiger partial charge in [-0.3, -0.25) is 9.78 Å². The second-order valence-corrected chi connectivity index (χ2v) is 7.67. The van der Waals surface area contributed by atoms with Crippen LogP contribution in [0.1, 0.15) is 30.6 Å². The van der Waals surface area contributed by atoms with Crippen LogP contribution < -0.4 is 10.9 Å². The van der Waals surface area contributed by atoms with Gasteiger partial charge in [-0.25, -0.2) is 9.97 Å². The van der Waals surface area contributed by atoms with E-state index < -0.39 is 0 Å². The van der Waals surface area contributed by atoms with Crippen LogP contribution in [0.5, 0.6) is 0 Å². The lowest BCUT2D eigenvalue weighted by atomic mass is 10.1. The molecule has 4 heterocycles. The van der Waals surface area contributed by atoms with Crippen molar-refractivity contribution < 1.29 is 0 Å². The minimum atomic E-state index is -0.211. The molecule has 1 unspecified atom stereocenters. The summed E-state index contributed by atoms with van der Waals surface area (Å²) in [5.41, 5.74) is 5.56. The number of nitrogens with zero attached hydrogens (tertiary/aromatic N) is 4. The summed E-state index contributed by atoms with van der Waals surface area (Å²) >= 11 is 0. The van der Waals surface area contributed by atoms with Crippen LogP contribution in [-0.4, -0.2) is 29.5 Å². The van der Waals surface area contributed by atoms with Gasteiger partial charge in [-0.1, -0.05) is 13.0 Å². The van der Waals surface area contributed by atoms with Gasteiger partial charge in [0.05, 0.1) is 34.8 Å². The number of hydrogen-bond donors (Lipinski definition) is 3. The minimum absolute atomic E-state index is 0.0318. The van der Waals surface area contributed by atoms with Crippen LogP contribution in [-0.2, 0) is 0 Å². The number of nitrogens with one attached hydrogen (secondary N) is 3. The highest BCUT2D eigenvalue weighted by Gasteiger charge is 2.19. The summed E-state index contributed by atoms with van der Waals surface area (Å²) in [4.78, 5) is 32.4. The summed E-state index contributed by atoms with van der Waals surface area (Å²) in [5, 5.41) is 3.49. The maximum absolute atomic E-state index is 12.9. The Morgan fingerprint density at radius 2 is 2.09 bits per heavy atom. The molecule has 0 saturated heterocycles. The topological polar surface area (TPSA) is 104 Å². The highest BCUT2D eigenvalue weighted by molar-refractivity contribution is 5.86. The average molecular weight is 425 g/mol. The van der Waals surface area contributed by atoms with E-state index in [1.165, 1.54) is 0 Å². The zero-order valence-corrected chi connectivity index (χ0v) is 17.8. The molecule has 3 N–H and O–H groups in total. The van der Waals surface area contributed by atoms with Crippen LogP contribution in [0.2, 0.25) is 0 Å². The Kier molecular flexibility index (Phi) is 5.03. The van der Waals surface area contributed by atoms with Crippen molar-refractivity contribution in [3.8, 4) is 17.1 Å². The summed E-state index contributed by atoms with van der Waals surface area (Å²) in [5.74, 6) is 0.520. The molecule has 8 heteroatoms. The van der Waals surface area contributed by atoms with Crippen molar-refractivity contribution in [2.45, 2.75) is 26.3 Å². The Morgan fingerprint density at radius 3 is 2.84 bits per heavy atom. The monoisotopic (exact) mass is 425 g/mol. The summed E-state index contributed by atoms with van der Waals surface area (Å²) in [6, 6.07) is 11.7. The molecule has 0 aliphatic heterocycles. The second kappa shape index (κ2) is 8.14. The number of anilines is 1. The van der Waals surface area contributed by atoms with Crippen molar-refractivity contribution in [3.63, 3.8) is 0 Å². The maximum atomic E-state index is 12.9. The van der Waals surface area contributed by atoms with Gasteiger partial charge >= 0.3 is 0 Å². The Balaban J connectivity index is 1.59. The predicted octanol–water partition coefficient (Wildman–Crippen LogP) is 4.37. The first-order chi connectivity index (χ1) is 15.6. The van der Waals surface area contributed by atoms with Gasteiger partial charge < -0.3 is 19.9 Å². The second-order valence-electron chi connectivity index (χ2n) is 7.67. The van der Waals surface area contributed by atoms with Gasteiger partial charge in [-0.2, -0.15) is 0 Å². The van der Waals surface area contributed by atoms with Crippen LogP contribution in [0.3, 0.4) is 0 Å². The van der Waals surface area contributed by atoms with E-state index in [-0.39, 0.29) is 11.6 Å². The van der Waals surface area contributed by atoms with Crippen LogP contribution in [0.15, 0.2) is 72.3 Å². The Bertz CT molecular complexity index is 1420. The molecule has 0 aliphatic rings. The van der Waals surface area contributed by atoms with Gasteiger partial charge in [0.2, 0.25) is 0 Å². The van der Waals surface area contributed by atoms with Crippen LogP contribution in [0.25, 0.3) is 28.1 Å². The minimum Gasteiger partial charge on any atom is -0.376 e. The first kappa shape index (κ1) is 19.7. The number of aryl methyl sites for hydroxylation is 1. The fourth-order valence-corrected chi connectivity index (χ4v) is 3.94. The van der Waals surface area contributed by atoms with Crippen molar-refractivity contribution in [2.24, 2.45) is 0 Å². The zero-order valence-electron chi connectivity index (χ0n) is 17.8. The molecule has 1 atom stereocenters. The smallest absolute Gasteiger partial charge is 0.261 e. The molecule has 0 saturated carbocycles. The summed E-state index contributed by atoms with van der Waals surface area (Å²) < 4.78 is 1.94. The molecular weight excluding hydrogens is 402 g/mol. The lowest BCUT2D eigenvalue weighted by molar-refractivity contribution is 0.723. The summed E-state index contributed by atoms with van der Waals surface area (Å²) in [7, 11) is 0. The molecule has 0 spiro atoms. The number of H-pyrrole nitrogens is 2. The maximum Gasteiger partial charge on any atom is 0.261 e. The van der Waals surface area contributed by atoms with E-state index >= 15 is 0 Å². The largest absolute Gasteiger partial charge is 0.376 e. The third kappa shape index (κ3) is 3.56. The Morgan fingerprint density at radius 1 is 1.19 bits per heavy atom. The molecule has 4 aromatic heterocycles. The average Bonchev–Trinajstić information content (AvgIpc) is 3.48. The summed E-state index contributed by atoms with van der Waals surface area (Å²) in [6.45, 7) is 4.09. The van der Waals surface area contributed by atoms with E-state index in [4.69, 9.17) is 4.98 Å². The fourth-order valence-electron chi connectivity index (χ4n) is 3.94. The molecule has 5 aromatic rings. The van der Waals surface area contributed by atoms with Gasteiger partial charge in [0.1, 0.15) is 11.4 Å². The predicted molar refractivity (Wildman–Crippen MR) is 125 cm³/mol. The Labute approximate surface area is 184 Å². The molecule has 0 radical (unpaired) electrons. The van der Waals surface area contributed by atoms with Gasteiger partial charge in [-0.05, 0) is 49.2 Å².